The zero-order chi connectivity index (χ0) is 28.2. The van der Waals surface area contributed by atoms with Crippen LogP contribution in [-0.2, 0) is 11.0 Å². The van der Waals surface area contributed by atoms with Crippen LogP contribution in [0.3, 0.4) is 0 Å². The Bertz CT molecular complexity index is 1580. The van der Waals surface area contributed by atoms with Crippen LogP contribution in [0.5, 0.6) is 5.75 Å². The molecular weight excluding hydrogens is 543 g/mol. The number of aliphatic hydroxyl groups is 1. The van der Waals surface area contributed by atoms with E-state index in [1.807, 2.05) is 0 Å². The van der Waals surface area contributed by atoms with E-state index in [4.69, 9.17) is 10.5 Å². The smallest absolute Gasteiger partial charge is 0.424 e. The zero-order valence-electron chi connectivity index (χ0n) is 20.3. The summed E-state index contributed by atoms with van der Waals surface area (Å²) in [6, 6.07) is 9.98. The van der Waals surface area contributed by atoms with E-state index < -0.39 is 47.8 Å². The molecule has 3 heterocycles. The number of nitrogen functional groups attached to an aromatic ring is 1. The zero-order valence-corrected chi connectivity index (χ0v) is 21.1. The molecule has 4 aromatic rings. The van der Waals surface area contributed by atoms with E-state index in [-0.39, 0.29) is 39.9 Å². The number of amides is 1. The highest BCUT2D eigenvalue weighted by Crippen LogP contribution is 2.48. The summed E-state index contributed by atoms with van der Waals surface area (Å²) in [7, 11) is 0. The summed E-state index contributed by atoms with van der Waals surface area (Å²) in [4.78, 5) is 20.9. The van der Waals surface area contributed by atoms with Crippen molar-refractivity contribution in [2.45, 2.75) is 24.1 Å². The van der Waals surface area contributed by atoms with E-state index >= 15 is 0 Å². The number of ether oxygens (including phenoxy) is 1. The predicted molar refractivity (Wildman–Crippen MR) is 135 cm³/mol. The van der Waals surface area contributed by atoms with Crippen molar-refractivity contribution in [1.82, 2.24) is 15.3 Å². The molecular formula is C26H21F5N4O3S. The van der Waals surface area contributed by atoms with Crippen molar-refractivity contribution >= 4 is 32.6 Å². The summed E-state index contributed by atoms with van der Waals surface area (Å²) < 4.78 is 77.1. The molecule has 2 aromatic heterocycles. The second-order valence-corrected chi connectivity index (χ2v) is 10.6. The summed E-state index contributed by atoms with van der Waals surface area (Å²) in [5.41, 5.74) is 0.511. The fraction of sp³-hybridized carbons (Fsp3) is 0.269. The van der Waals surface area contributed by atoms with Crippen LogP contribution in [0, 0.1) is 5.82 Å². The van der Waals surface area contributed by atoms with E-state index in [0.29, 0.717) is 10.2 Å². The number of nitrogens with two attached hydrogens (primary N) is 1. The Hall–Kier alpha value is -3.84. The molecule has 13 heteroatoms. The molecule has 204 valence electrons. The lowest BCUT2D eigenvalue weighted by molar-refractivity contribution is -0.265. The molecule has 0 saturated heterocycles. The molecule has 0 bridgehead atoms. The van der Waals surface area contributed by atoms with Gasteiger partial charge in [-0.1, -0.05) is 11.3 Å². The number of hydrogen-bond acceptors (Lipinski definition) is 7. The van der Waals surface area contributed by atoms with E-state index in [1.54, 1.807) is 0 Å². The lowest BCUT2D eigenvalue weighted by atomic mass is 9.83. The average molecular weight is 565 g/mol. The summed E-state index contributed by atoms with van der Waals surface area (Å²) in [5.74, 6) is -1.44. The average Bonchev–Trinajstić information content (AvgIpc) is 3.45. The van der Waals surface area contributed by atoms with Crippen LogP contribution in [0.1, 0.15) is 28.5 Å². The van der Waals surface area contributed by atoms with Crippen molar-refractivity contribution in [3.63, 3.8) is 0 Å². The molecule has 5 rings (SSSR count). The topological polar surface area (TPSA) is 110 Å². The van der Waals surface area contributed by atoms with E-state index in [2.05, 4.69) is 15.3 Å². The fourth-order valence-electron chi connectivity index (χ4n) is 4.29. The van der Waals surface area contributed by atoms with Crippen molar-refractivity contribution in [1.29, 1.82) is 0 Å². The van der Waals surface area contributed by atoms with Crippen LogP contribution in [0.15, 0.2) is 48.5 Å². The van der Waals surface area contributed by atoms with Gasteiger partial charge in [-0.15, -0.1) is 0 Å². The summed E-state index contributed by atoms with van der Waals surface area (Å²) in [6.07, 6.45) is -5.30. The maximum atomic E-state index is 14.5. The van der Waals surface area contributed by atoms with Crippen LogP contribution in [-0.4, -0.2) is 47.0 Å². The second-order valence-electron chi connectivity index (χ2n) is 9.50. The van der Waals surface area contributed by atoms with Crippen LogP contribution < -0.4 is 15.8 Å². The molecule has 1 aliphatic heterocycles. The highest BCUT2D eigenvalue weighted by molar-refractivity contribution is 7.22. The number of anilines is 1. The first kappa shape index (κ1) is 26.8. The molecule has 2 atom stereocenters. The van der Waals surface area contributed by atoms with Gasteiger partial charge in [0.1, 0.15) is 30.5 Å². The van der Waals surface area contributed by atoms with Gasteiger partial charge in [-0.2, -0.15) is 13.2 Å². The summed E-state index contributed by atoms with van der Waals surface area (Å²) in [5, 5.41) is 13.5. The molecule has 1 aliphatic rings. The minimum Gasteiger partial charge on any atom is -0.490 e. The third kappa shape index (κ3) is 4.65. The number of halogens is 5. The second kappa shape index (κ2) is 9.42. The van der Waals surface area contributed by atoms with Gasteiger partial charge in [0.05, 0.1) is 27.9 Å². The first-order valence-electron chi connectivity index (χ1n) is 11.6. The molecule has 39 heavy (non-hydrogen) atoms. The molecule has 0 radical (unpaired) electrons. The van der Waals surface area contributed by atoms with Gasteiger partial charge in [0.2, 0.25) is 5.60 Å². The maximum Gasteiger partial charge on any atom is 0.424 e. The monoisotopic (exact) mass is 564 g/mol. The number of carbonyl (C=O) groups is 1. The third-order valence-electron chi connectivity index (χ3n) is 6.64. The Morgan fingerprint density at radius 3 is 2.56 bits per heavy atom. The molecule has 2 aromatic carbocycles. The number of pyridine rings is 1. The quantitative estimate of drug-likeness (QED) is 0.288. The minimum absolute atomic E-state index is 0.0305. The number of nitrogens with zero attached hydrogens (tertiary/aromatic N) is 2. The van der Waals surface area contributed by atoms with Crippen LogP contribution in [0.25, 0.3) is 21.5 Å². The highest BCUT2D eigenvalue weighted by Gasteiger charge is 2.57. The number of nitrogens with one attached hydrogen (secondary N) is 1. The van der Waals surface area contributed by atoms with Gasteiger partial charge in [-0.05, 0) is 55.5 Å². The summed E-state index contributed by atoms with van der Waals surface area (Å²) in [6.45, 7) is -0.962. The third-order valence-corrected chi connectivity index (χ3v) is 7.48. The fourth-order valence-corrected chi connectivity index (χ4v) is 5.07. The molecule has 0 fully saturated rings. The molecule has 7 nitrogen and oxygen atoms in total. The van der Waals surface area contributed by atoms with Crippen molar-refractivity contribution in [3.8, 4) is 17.0 Å². The Morgan fingerprint density at radius 1 is 1.18 bits per heavy atom. The van der Waals surface area contributed by atoms with Gasteiger partial charge in [-0.25, -0.2) is 18.7 Å². The maximum absolute atomic E-state index is 14.5. The van der Waals surface area contributed by atoms with E-state index in [1.165, 1.54) is 37.3 Å². The van der Waals surface area contributed by atoms with Crippen LogP contribution in [0.2, 0.25) is 0 Å². The Balaban J connectivity index is 1.56. The normalized spacial score (nSPS) is 18.4. The van der Waals surface area contributed by atoms with Crippen molar-refractivity contribution in [2.24, 2.45) is 0 Å². The molecule has 0 unspecified atom stereocenters. The Labute approximate surface area is 222 Å². The van der Waals surface area contributed by atoms with E-state index in [9.17, 15) is 31.9 Å². The van der Waals surface area contributed by atoms with Crippen molar-refractivity contribution in [3.05, 3.63) is 71.2 Å². The van der Waals surface area contributed by atoms with Gasteiger partial charge in [0.15, 0.2) is 5.13 Å². The predicted octanol–water partition coefficient (Wildman–Crippen LogP) is 4.88. The first-order valence-corrected chi connectivity index (χ1v) is 12.4. The minimum atomic E-state index is -5.30. The SMILES string of the molecule is C[C@@]1(CF)COc2c1cc([C@@](O)(CNC(=O)c1ccc3nc(N)sc3c1)C(F)(F)F)nc2-c1ccc(F)cc1. The number of fused-ring (bicyclic) bond motifs is 2. The lowest BCUT2D eigenvalue weighted by Crippen LogP contribution is -2.51. The van der Waals surface area contributed by atoms with E-state index in [0.717, 1.165) is 29.5 Å². The Morgan fingerprint density at radius 2 is 1.90 bits per heavy atom. The van der Waals surface area contributed by atoms with Crippen molar-refractivity contribution < 1.29 is 36.6 Å². The molecule has 0 spiro atoms. The molecule has 1 amide bonds. The first-order chi connectivity index (χ1) is 18.3. The van der Waals surface area contributed by atoms with Gasteiger partial charge >= 0.3 is 6.18 Å². The largest absolute Gasteiger partial charge is 0.490 e. The standard InChI is InChI=1S/C26H21F5N4O3S/c1-24(10-27)12-38-21-16(24)9-19(35-20(21)13-2-5-15(28)6-3-13)25(37,26(29,30)31)11-33-22(36)14-4-7-17-18(8-14)39-23(32)34-17/h2-9,37H,10-12H2,1H3,(H2,32,34)(H,33,36)/t24-,25+/m1/s1. The van der Waals surface area contributed by atoms with Crippen molar-refractivity contribution in [2.75, 3.05) is 25.6 Å². The lowest BCUT2D eigenvalue weighted by Gasteiger charge is -2.31. The number of thiazole rings is 1. The Kier molecular flexibility index (Phi) is 6.46. The molecule has 4 N–H and O–H groups in total. The summed E-state index contributed by atoms with van der Waals surface area (Å²) >= 11 is 1.10. The van der Waals surface area contributed by atoms with Gasteiger partial charge in [0.25, 0.3) is 5.91 Å². The number of benzene rings is 2. The number of rotatable bonds is 6. The number of alkyl halides is 4. The van der Waals surface area contributed by atoms with Gasteiger partial charge in [0, 0.05) is 16.7 Å². The van der Waals surface area contributed by atoms with Gasteiger partial charge < -0.3 is 20.9 Å². The van der Waals surface area contributed by atoms with Crippen LogP contribution >= 0.6 is 11.3 Å². The number of hydrogen-bond donors (Lipinski definition) is 3. The number of carbonyl (C=O) groups excluding carboxylic acids is 1. The molecule has 0 saturated carbocycles. The highest BCUT2D eigenvalue weighted by atomic mass is 32.1. The van der Waals surface area contributed by atoms with Gasteiger partial charge in [-0.3, -0.25) is 4.79 Å². The number of aromatic nitrogens is 2. The molecule has 0 aliphatic carbocycles. The van der Waals surface area contributed by atoms with Crippen LogP contribution in [0.4, 0.5) is 27.1 Å².